The van der Waals surface area contributed by atoms with Crippen molar-refractivity contribution >= 4 is 17.3 Å². The highest BCUT2D eigenvalue weighted by molar-refractivity contribution is 5.79. The van der Waals surface area contributed by atoms with Crippen LogP contribution in [0.1, 0.15) is 22.5 Å². The van der Waals surface area contributed by atoms with Crippen LogP contribution < -0.4 is 5.32 Å². The Balaban J connectivity index is 1.93. The summed E-state index contributed by atoms with van der Waals surface area (Å²) in [6, 6.07) is 18.9. The zero-order valence-corrected chi connectivity index (χ0v) is 15.5. The minimum absolute atomic E-state index is 0.715. The molecule has 0 unspecified atom stereocenters. The lowest BCUT2D eigenvalue weighted by Gasteiger charge is -2.11. The summed E-state index contributed by atoms with van der Waals surface area (Å²) in [6.45, 7) is 8.27. The van der Waals surface area contributed by atoms with Crippen LogP contribution in [-0.4, -0.2) is 14.4 Å². The molecule has 2 heterocycles. The second kappa shape index (κ2) is 6.30. The number of nitrogens with zero attached hydrogens (tertiary/aromatic N) is 3. The predicted molar refractivity (Wildman–Crippen MR) is 107 cm³/mol. The van der Waals surface area contributed by atoms with Gasteiger partial charge in [-0.15, -0.1) is 0 Å². The molecule has 0 atom stereocenters. The Morgan fingerprint density at radius 2 is 1.38 bits per heavy atom. The summed E-state index contributed by atoms with van der Waals surface area (Å²) >= 11 is 0. The summed E-state index contributed by atoms with van der Waals surface area (Å²) in [4.78, 5) is 9.47. The Morgan fingerprint density at radius 3 is 2.04 bits per heavy atom. The largest absolute Gasteiger partial charge is 0.339 e. The Labute approximate surface area is 153 Å². The molecular weight excluding hydrogens is 320 g/mol. The van der Waals surface area contributed by atoms with Crippen molar-refractivity contribution in [2.45, 2.75) is 27.7 Å². The first-order chi connectivity index (χ1) is 12.5. The van der Waals surface area contributed by atoms with Gasteiger partial charge >= 0.3 is 0 Å². The van der Waals surface area contributed by atoms with Crippen molar-refractivity contribution in [1.82, 2.24) is 14.4 Å². The SMILES string of the molecule is Cc1ccc(Nc2c(-c3ccc(C)cc3)nc3nc(C)cc(C)n23)cc1. The fourth-order valence-corrected chi connectivity index (χ4v) is 3.18. The van der Waals surface area contributed by atoms with Crippen molar-refractivity contribution in [2.24, 2.45) is 0 Å². The van der Waals surface area contributed by atoms with Crippen LogP contribution in [0.3, 0.4) is 0 Å². The monoisotopic (exact) mass is 342 g/mol. The van der Waals surface area contributed by atoms with E-state index in [0.717, 1.165) is 34.2 Å². The number of anilines is 2. The van der Waals surface area contributed by atoms with E-state index in [1.165, 1.54) is 11.1 Å². The summed E-state index contributed by atoms with van der Waals surface area (Å²) in [6.07, 6.45) is 0. The second-order valence-electron chi connectivity index (χ2n) is 6.84. The van der Waals surface area contributed by atoms with Crippen LogP contribution >= 0.6 is 0 Å². The van der Waals surface area contributed by atoms with Gasteiger partial charge < -0.3 is 5.32 Å². The first-order valence-electron chi connectivity index (χ1n) is 8.79. The molecule has 0 saturated heterocycles. The van der Waals surface area contributed by atoms with Gasteiger partial charge in [0.15, 0.2) is 0 Å². The molecule has 0 aliphatic heterocycles. The molecule has 4 aromatic rings. The van der Waals surface area contributed by atoms with Crippen LogP contribution in [0.4, 0.5) is 11.5 Å². The van der Waals surface area contributed by atoms with E-state index in [-0.39, 0.29) is 0 Å². The number of benzene rings is 2. The van der Waals surface area contributed by atoms with Crippen LogP contribution in [0.5, 0.6) is 0 Å². The van der Waals surface area contributed by atoms with Gasteiger partial charge in [-0.25, -0.2) is 9.97 Å². The van der Waals surface area contributed by atoms with E-state index >= 15 is 0 Å². The molecule has 26 heavy (non-hydrogen) atoms. The van der Waals surface area contributed by atoms with Gasteiger partial charge in [0.25, 0.3) is 0 Å². The van der Waals surface area contributed by atoms with Crippen molar-refractivity contribution in [3.63, 3.8) is 0 Å². The number of aryl methyl sites for hydroxylation is 4. The fourth-order valence-electron chi connectivity index (χ4n) is 3.18. The Hall–Kier alpha value is -3.14. The molecule has 0 bridgehead atoms. The average Bonchev–Trinajstić information content (AvgIpc) is 2.96. The van der Waals surface area contributed by atoms with Crippen LogP contribution in [0, 0.1) is 27.7 Å². The van der Waals surface area contributed by atoms with Gasteiger partial charge in [0, 0.05) is 22.6 Å². The van der Waals surface area contributed by atoms with Crippen molar-refractivity contribution in [3.8, 4) is 11.3 Å². The van der Waals surface area contributed by atoms with E-state index in [4.69, 9.17) is 4.98 Å². The molecule has 0 saturated carbocycles. The number of aromatic nitrogens is 3. The maximum atomic E-state index is 4.84. The molecule has 4 rings (SSSR count). The Morgan fingerprint density at radius 1 is 0.769 bits per heavy atom. The Kier molecular flexibility index (Phi) is 3.96. The summed E-state index contributed by atoms with van der Waals surface area (Å²) in [5.41, 5.74) is 7.56. The molecule has 130 valence electrons. The van der Waals surface area contributed by atoms with Crippen molar-refractivity contribution in [2.75, 3.05) is 5.32 Å². The maximum absolute atomic E-state index is 4.84. The van der Waals surface area contributed by atoms with Gasteiger partial charge in [-0.1, -0.05) is 47.5 Å². The topological polar surface area (TPSA) is 42.2 Å². The van der Waals surface area contributed by atoms with E-state index in [0.29, 0.717) is 5.78 Å². The summed E-state index contributed by atoms with van der Waals surface area (Å²) < 4.78 is 2.09. The Bertz CT molecular complexity index is 1070. The molecule has 0 fully saturated rings. The van der Waals surface area contributed by atoms with E-state index in [2.05, 4.69) is 90.1 Å². The highest BCUT2D eigenvalue weighted by Gasteiger charge is 2.17. The lowest BCUT2D eigenvalue weighted by molar-refractivity contribution is 1.02. The predicted octanol–water partition coefficient (Wildman–Crippen LogP) is 5.37. The fraction of sp³-hybridized carbons (Fsp3) is 0.182. The number of imidazole rings is 1. The van der Waals surface area contributed by atoms with Gasteiger partial charge in [-0.3, -0.25) is 4.40 Å². The van der Waals surface area contributed by atoms with Gasteiger partial charge in [0.1, 0.15) is 11.5 Å². The van der Waals surface area contributed by atoms with E-state index < -0.39 is 0 Å². The van der Waals surface area contributed by atoms with Gasteiger partial charge in [0.2, 0.25) is 5.78 Å². The quantitative estimate of drug-likeness (QED) is 0.544. The molecule has 0 spiro atoms. The molecular formula is C22H22N4. The van der Waals surface area contributed by atoms with Gasteiger partial charge in [-0.05, 0) is 45.9 Å². The van der Waals surface area contributed by atoms with Crippen LogP contribution in [0.25, 0.3) is 17.0 Å². The molecule has 0 amide bonds. The highest BCUT2D eigenvalue weighted by atomic mass is 15.2. The standard InChI is InChI=1S/C22H22N4/c1-14-5-9-18(10-6-14)20-21(24-19-11-7-15(2)8-12-19)26-17(4)13-16(3)23-22(26)25-20/h5-13,24H,1-4H3. The zero-order chi connectivity index (χ0) is 18.3. The van der Waals surface area contributed by atoms with E-state index in [1.807, 2.05) is 6.92 Å². The molecule has 4 nitrogen and oxygen atoms in total. The molecule has 0 radical (unpaired) electrons. The maximum Gasteiger partial charge on any atom is 0.236 e. The number of rotatable bonds is 3. The number of fused-ring (bicyclic) bond motifs is 1. The molecule has 0 aliphatic carbocycles. The minimum atomic E-state index is 0.715. The summed E-state index contributed by atoms with van der Waals surface area (Å²) in [7, 11) is 0. The lowest BCUT2D eigenvalue weighted by atomic mass is 10.1. The van der Waals surface area contributed by atoms with Crippen molar-refractivity contribution < 1.29 is 0 Å². The van der Waals surface area contributed by atoms with Crippen molar-refractivity contribution in [1.29, 1.82) is 0 Å². The zero-order valence-electron chi connectivity index (χ0n) is 15.5. The average molecular weight is 342 g/mol. The van der Waals surface area contributed by atoms with Crippen LogP contribution in [0.15, 0.2) is 54.6 Å². The first kappa shape index (κ1) is 16.3. The normalized spacial score (nSPS) is 11.1. The molecule has 4 heteroatoms. The molecule has 2 aromatic carbocycles. The summed E-state index contributed by atoms with van der Waals surface area (Å²) in [5.74, 6) is 1.66. The van der Waals surface area contributed by atoms with Gasteiger partial charge in [-0.2, -0.15) is 0 Å². The third-order valence-electron chi connectivity index (χ3n) is 4.55. The minimum Gasteiger partial charge on any atom is -0.339 e. The number of hydrogen-bond acceptors (Lipinski definition) is 3. The molecule has 0 aliphatic rings. The first-order valence-corrected chi connectivity index (χ1v) is 8.79. The summed E-state index contributed by atoms with van der Waals surface area (Å²) in [5, 5.41) is 3.56. The van der Waals surface area contributed by atoms with E-state index in [1.54, 1.807) is 0 Å². The van der Waals surface area contributed by atoms with Crippen molar-refractivity contribution in [3.05, 3.63) is 77.1 Å². The number of hydrogen-bond donors (Lipinski definition) is 1. The lowest BCUT2D eigenvalue weighted by Crippen LogP contribution is -2.01. The number of nitrogens with one attached hydrogen (secondary N) is 1. The second-order valence-corrected chi connectivity index (χ2v) is 6.84. The van der Waals surface area contributed by atoms with E-state index in [9.17, 15) is 0 Å². The smallest absolute Gasteiger partial charge is 0.236 e. The highest BCUT2D eigenvalue weighted by Crippen LogP contribution is 2.32. The third kappa shape index (κ3) is 2.94. The van der Waals surface area contributed by atoms with Crippen LogP contribution in [-0.2, 0) is 0 Å². The molecule has 1 N–H and O–H groups in total. The van der Waals surface area contributed by atoms with Gasteiger partial charge in [0.05, 0.1) is 0 Å². The third-order valence-corrected chi connectivity index (χ3v) is 4.55. The molecule has 2 aromatic heterocycles. The van der Waals surface area contributed by atoms with Crippen LogP contribution in [0.2, 0.25) is 0 Å².